The number of carbonyl (C=O) groups is 1. The molecule has 4 rings (SSSR count). The van der Waals surface area contributed by atoms with Crippen LogP contribution < -0.4 is 10.9 Å². The third kappa shape index (κ3) is 4.46. The van der Waals surface area contributed by atoms with Crippen LogP contribution in [0.1, 0.15) is 36.6 Å². The molecule has 2 aromatic carbocycles. The molecule has 0 saturated carbocycles. The SMILES string of the molecule is CCCCNC(=O)Cc1c(C)n(Cc2ccccc2)c2nc(-c3ccccc3)nn2c1=O. The van der Waals surface area contributed by atoms with Crippen LogP contribution in [-0.4, -0.2) is 31.6 Å². The number of unbranched alkanes of at least 4 members (excludes halogenated alkanes) is 1. The molecule has 0 saturated heterocycles. The van der Waals surface area contributed by atoms with Gasteiger partial charge in [-0.2, -0.15) is 9.50 Å². The summed E-state index contributed by atoms with van der Waals surface area (Å²) in [7, 11) is 0. The zero-order valence-electron chi connectivity index (χ0n) is 18.4. The van der Waals surface area contributed by atoms with Gasteiger partial charge in [-0.1, -0.05) is 74.0 Å². The average molecular weight is 430 g/mol. The molecule has 2 aromatic heterocycles. The summed E-state index contributed by atoms with van der Waals surface area (Å²) in [6.07, 6.45) is 1.92. The number of carbonyl (C=O) groups excluding carboxylic acids is 1. The number of benzene rings is 2. The third-order valence-corrected chi connectivity index (χ3v) is 5.53. The molecule has 0 radical (unpaired) electrons. The van der Waals surface area contributed by atoms with Crippen molar-refractivity contribution in [3.05, 3.63) is 87.8 Å². The Labute approximate surface area is 186 Å². The number of rotatable bonds is 8. The predicted octanol–water partition coefficient (Wildman–Crippen LogP) is 3.37. The molecular formula is C25H27N5O2. The summed E-state index contributed by atoms with van der Waals surface area (Å²) in [5, 5.41) is 7.41. The summed E-state index contributed by atoms with van der Waals surface area (Å²) in [4.78, 5) is 30.5. The van der Waals surface area contributed by atoms with E-state index in [0.29, 0.717) is 30.3 Å². The lowest BCUT2D eigenvalue weighted by Gasteiger charge is -2.15. The maximum atomic E-state index is 13.3. The molecule has 32 heavy (non-hydrogen) atoms. The van der Waals surface area contributed by atoms with Gasteiger partial charge >= 0.3 is 0 Å². The van der Waals surface area contributed by atoms with Crippen molar-refractivity contribution < 1.29 is 4.79 Å². The minimum absolute atomic E-state index is 0.0135. The van der Waals surface area contributed by atoms with E-state index >= 15 is 0 Å². The lowest BCUT2D eigenvalue weighted by Crippen LogP contribution is -2.32. The van der Waals surface area contributed by atoms with E-state index in [-0.39, 0.29) is 17.9 Å². The van der Waals surface area contributed by atoms with Crippen molar-refractivity contribution >= 4 is 11.7 Å². The topological polar surface area (TPSA) is 81.3 Å². The summed E-state index contributed by atoms with van der Waals surface area (Å²) < 4.78 is 3.29. The van der Waals surface area contributed by atoms with Gasteiger partial charge in [-0.3, -0.25) is 9.59 Å². The quantitative estimate of drug-likeness (QED) is 0.436. The highest BCUT2D eigenvalue weighted by molar-refractivity contribution is 5.78. The molecule has 0 unspecified atom stereocenters. The van der Waals surface area contributed by atoms with Crippen LogP contribution in [0.3, 0.4) is 0 Å². The fourth-order valence-corrected chi connectivity index (χ4v) is 3.71. The fourth-order valence-electron chi connectivity index (χ4n) is 3.71. The predicted molar refractivity (Wildman–Crippen MR) is 125 cm³/mol. The highest BCUT2D eigenvalue weighted by Gasteiger charge is 2.20. The van der Waals surface area contributed by atoms with E-state index in [2.05, 4.69) is 17.3 Å². The van der Waals surface area contributed by atoms with Crippen molar-refractivity contribution in [3.63, 3.8) is 0 Å². The molecule has 0 fully saturated rings. The molecule has 1 amide bonds. The second-order valence-corrected chi connectivity index (χ2v) is 7.83. The van der Waals surface area contributed by atoms with E-state index in [1.165, 1.54) is 4.52 Å². The molecule has 0 aliphatic carbocycles. The number of nitrogens with zero attached hydrogens (tertiary/aromatic N) is 4. The Morgan fingerprint density at radius 1 is 1.03 bits per heavy atom. The molecule has 7 nitrogen and oxygen atoms in total. The van der Waals surface area contributed by atoms with Crippen LogP contribution in [0, 0.1) is 6.92 Å². The summed E-state index contributed by atoms with van der Waals surface area (Å²) in [5.41, 5.74) is 2.76. The monoisotopic (exact) mass is 429 g/mol. The van der Waals surface area contributed by atoms with E-state index < -0.39 is 0 Å². The highest BCUT2D eigenvalue weighted by atomic mass is 16.2. The minimum atomic E-state index is -0.304. The second kappa shape index (κ2) is 9.60. The zero-order chi connectivity index (χ0) is 22.5. The van der Waals surface area contributed by atoms with E-state index in [1.807, 2.05) is 72.2 Å². The van der Waals surface area contributed by atoms with Crippen LogP contribution in [-0.2, 0) is 17.8 Å². The van der Waals surface area contributed by atoms with Crippen LogP contribution in [0.2, 0.25) is 0 Å². The molecule has 4 aromatic rings. The maximum absolute atomic E-state index is 13.3. The van der Waals surface area contributed by atoms with Crippen molar-refractivity contribution in [2.45, 2.75) is 39.7 Å². The van der Waals surface area contributed by atoms with Gasteiger partial charge in [0.2, 0.25) is 11.7 Å². The Bertz CT molecular complexity index is 1280. The van der Waals surface area contributed by atoms with Crippen LogP contribution in [0.15, 0.2) is 65.5 Å². The first-order valence-corrected chi connectivity index (χ1v) is 10.9. The van der Waals surface area contributed by atoms with Crippen molar-refractivity contribution in [3.8, 4) is 11.4 Å². The van der Waals surface area contributed by atoms with Crippen LogP contribution >= 0.6 is 0 Å². The highest BCUT2D eigenvalue weighted by Crippen LogP contribution is 2.18. The van der Waals surface area contributed by atoms with Gasteiger partial charge in [0.25, 0.3) is 5.56 Å². The molecule has 0 atom stereocenters. The first kappa shape index (κ1) is 21.5. The van der Waals surface area contributed by atoms with Gasteiger partial charge in [0, 0.05) is 23.4 Å². The van der Waals surface area contributed by atoms with E-state index in [9.17, 15) is 9.59 Å². The largest absolute Gasteiger partial charge is 0.356 e. The van der Waals surface area contributed by atoms with Crippen molar-refractivity contribution in [2.24, 2.45) is 0 Å². The number of aromatic nitrogens is 4. The van der Waals surface area contributed by atoms with Crippen LogP contribution in [0.5, 0.6) is 0 Å². The standard InChI is InChI=1S/C25H27N5O2/c1-3-4-15-26-22(31)16-21-18(2)29(17-19-11-7-5-8-12-19)25-27-23(28-30(25)24(21)32)20-13-9-6-10-14-20/h5-14H,3-4,15-17H2,1-2H3,(H,26,31). The summed E-state index contributed by atoms with van der Waals surface area (Å²) in [6, 6.07) is 19.5. The first-order valence-electron chi connectivity index (χ1n) is 10.9. The Morgan fingerprint density at radius 3 is 2.41 bits per heavy atom. The van der Waals surface area contributed by atoms with Crippen LogP contribution in [0.4, 0.5) is 0 Å². The zero-order valence-corrected chi connectivity index (χ0v) is 18.4. The van der Waals surface area contributed by atoms with E-state index in [0.717, 1.165) is 29.7 Å². The average Bonchev–Trinajstić information content (AvgIpc) is 3.27. The smallest absolute Gasteiger partial charge is 0.279 e. The number of hydrogen-bond donors (Lipinski definition) is 1. The molecule has 164 valence electrons. The molecule has 0 bridgehead atoms. The van der Waals surface area contributed by atoms with Gasteiger partial charge in [-0.15, -0.1) is 5.10 Å². The minimum Gasteiger partial charge on any atom is -0.356 e. The summed E-state index contributed by atoms with van der Waals surface area (Å²) in [5.74, 6) is 0.784. The molecule has 7 heteroatoms. The Kier molecular flexibility index (Phi) is 6.44. The number of nitrogens with one attached hydrogen (secondary N) is 1. The van der Waals surface area contributed by atoms with Gasteiger partial charge in [-0.05, 0) is 18.9 Å². The Balaban J connectivity index is 1.82. The molecule has 0 aliphatic heterocycles. The van der Waals surface area contributed by atoms with Crippen molar-refractivity contribution in [1.29, 1.82) is 0 Å². The lowest BCUT2D eigenvalue weighted by atomic mass is 10.1. The van der Waals surface area contributed by atoms with Crippen LogP contribution in [0.25, 0.3) is 17.2 Å². The van der Waals surface area contributed by atoms with Crippen molar-refractivity contribution in [2.75, 3.05) is 6.54 Å². The van der Waals surface area contributed by atoms with E-state index in [4.69, 9.17) is 4.98 Å². The molecule has 0 aliphatic rings. The van der Waals surface area contributed by atoms with Crippen molar-refractivity contribution in [1.82, 2.24) is 24.5 Å². The van der Waals surface area contributed by atoms with E-state index in [1.54, 1.807) is 0 Å². The number of hydrogen-bond acceptors (Lipinski definition) is 4. The lowest BCUT2D eigenvalue weighted by molar-refractivity contribution is -0.120. The number of fused-ring (bicyclic) bond motifs is 1. The Morgan fingerprint density at radius 2 is 1.72 bits per heavy atom. The summed E-state index contributed by atoms with van der Waals surface area (Å²) in [6.45, 7) is 5.07. The Hall–Kier alpha value is -3.74. The molecule has 0 spiro atoms. The number of amides is 1. The van der Waals surface area contributed by atoms with Gasteiger partial charge in [0.1, 0.15) is 0 Å². The second-order valence-electron chi connectivity index (χ2n) is 7.83. The van der Waals surface area contributed by atoms with Gasteiger partial charge in [0.05, 0.1) is 13.0 Å². The van der Waals surface area contributed by atoms with Gasteiger partial charge in [0.15, 0.2) is 5.82 Å². The third-order valence-electron chi connectivity index (χ3n) is 5.53. The maximum Gasteiger partial charge on any atom is 0.279 e. The molecule has 1 N–H and O–H groups in total. The first-order chi connectivity index (χ1) is 15.6. The molecule has 2 heterocycles. The summed E-state index contributed by atoms with van der Waals surface area (Å²) >= 11 is 0. The normalized spacial score (nSPS) is 11.1. The van der Waals surface area contributed by atoms with Gasteiger partial charge < -0.3 is 9.88 Å². The van der Waals surface area contributed by atoms with Gasteiger partial charge in [-0.25, -0.2) is 0 Å². The fraction of sp³-hybridized carbons (Fsp3) is 0.280. The molecular weight excluding hydrogens is 402 g/mol.